The highest BCUT2D eigenvalue weighted by atomic mass is 32.1. The third-order valence-electron chi connectivity index (χ3n) is 1.71. The molecule has 0 radical (unpaired) electrons. The van der Waals surface area contributed by atoms with E-state index in [4.69, 9.17) is 0 Å². The second-order valence-electron chi connectivity index (χ2n) is 2.48. The molecular weight excluding hydrogens is 158 g/mol. The summed E-state index contributed by atoms with van der Waals surface area (Å²) >= 11 is 1.54. The molecule has 0 aliphatic carbocycles. The summed E-state index contributed by atoms with van der Waals surface area (Å²) in [5.74, 6) is 0.222. The summed E-state index contributed by atoms with van der Waals surface area (Å²) in [4.78, 5) is 15.1. The maximum absolute atomic E-state index is 11.0. The number of carbonyl (C=O) groups is 1. The largest absolute Gasteiger partial charge is 0.299 e. The molecule has 0 aliphatic heterocycles. The Bertz CT molecular complexity index is 230. The van der Waals surface area contributed by atoms with Crippen molar-refractivity contribution in [3.8, 4) is 0 Å². The average molecular weight is 169 g/mol. The molecule has 2 nitrogen and oxygen atoms in total. The molecule has 0 amide bonds. The lowest BCUT2D eigenvalue weighted by Gasteiger charge is -2.05. The minimum Gasteiger partial charge on any atom is -0.299 e. The van der Waals surface area contributed by atoms with Gasteiger partial charge in [0.25, 0.3) is 0 Å². The lowest BCUT2D eigenvalue weighted by atomic mass is 9.99. The Morgan fingerprint density at radius 2 is 2.55 bits per heavy atom. The first-order valence-corrected chi connectivity index (χ1v) is 4.58. The Morgan fingerprint density at radius 1 is 1.82 bits per heavy atom. The molecule has 0 aliphatic rings. The Kier molecular flexibility index (Phi) is 2.76. The molecule has 11 heavy (non-hydrogen) atoms. The third kappa shape index (κ3) is 1.87. The van der Waals surface area contributed by atoms with Crippen molar-refractivity contribution in [2.45, 2.75) is 26.2 Å². The van der Waals surface area contributed by atoms with Crippen LogP contribution in [0.3, 0.4) is 0 Å². The molecule has 3 heteroatoms. The van der Waals surface area contributed by atoms with E-state index in [0.717, 1.165) is 12.1 Å². The fourth-order valence-corrected chi connectivity index (χ4v) is 1.71. The normalized spacial score (nSPS) is 12.9. The smallest absolute Gasteiger partial charge is 0.138 e. The molecule has 1 unspecified atom stereocenters. The standard InChI is InChI=1S/C8H11NOS/c1-3-7(6(2)10)8-4-11-5-9-8/h4-5,7H,3H2,1-2H3. The summed E-state index contributed by atoms with van der Waals surface area (Å²) in [5, 5.41) is 1.94. The monoisotopic (exact) mass is 169 g/mol. The number of rotatable bonds is 3. The van der Waals surface area contributed by atoms with Gasteiger partial charge in [-0.15, -0.1) is 11.3 Å². The number of hydrogen-bond acceptors (Lipinski definition) is 3. The highest BCUT2D eigenvalue weighted by molar-refractivity contribution is 7.07. The first-order valence-electron chi connectivity index (χ1n) is 3.64. The van der Waals surface area contributed by atoms with Crippen LogP contribution >= 0.6 is 11.3 Å². The van der Waals surface area contributed by atoms with Crippen LogP contribution in [-0.4, -0.2) is 10.8 Å². The Labute approximate surface area is 70.3 Å². The van der Waals surface area contributed by atoms with Crippen LogP contribution in [0.4, 0.5) is 0 Å². The Balaban J connectivity index is 2.79. The highest BCUT2D eigenvalue weighted by Crippen LogP contribution is 2.19. The minimum atomic E-state index is 0.0150. The summed E-state index contributed by atoms with van der Waals surface area (Å²) in [6.07, 6.45) is 0.846. The van der Waals surface area contributed by atoms with Crippen molar-refractivity contribution in [2.75, 3.05) is 0 Å². The fraction of sp³-hybridized carbons (Fsp3) is 0.500. The molecule has 0 saturated heterocycles. The predicted molar refractivity (Wildman–Crippen MR) is 45.8 cm³/mol. The van der Waals surface area contributed by atoms with Crippen LogP contribution in [0.15, 0.2) is 10.9 Å². The van der Waals surface area contributed by atoms with Gasteiger partial charge in [-0.05, 0) is 13.3 Å². The number of Topliss-reactive ketones (excluding diaryl/α,β-unsaturated/α-hetero) is 1. The van der Waals surface area contributed by atoms with E-state index >= 15 is 0 Å². The van der Waals surface area contributed by atoms with Crippen LogP contribution in [-0.2, 0) is 4.79 Å². The van der Waals surface area contributed by atoms with Crippen molar-refractivity contribution >= 4 is 17.1 Å². The zero-order valence-corrected chi connectivity index (χ0v) is 7.52. The second kappa shape index (κ2) is 3.62. The number of ketones is 1. The highest BCUT2D eigenvalue weighted by Gasteiger charge is 2.15. The zero-order chi connectivity index (χ0) is 8.27. The quantitative estimate of drug-likeness (QED) is 0.694. The van der Waals surface area contributed by atoms with Crippen molar-refractivity contribution in [1.82, 2.24) is 4.98 Å². The molecule has 0 fully saturated rings. The molecule has 0 saturated carbocycles. The van der Waals surface area contributed by atoms with E-state index in [1.807, 2.05) is 12.3 Å². The van der Waals surface area contributed by atoms with E-state index in [1.165, 1.54) is 11.3 Å². The first-order chi connectivity index (χ1) is 5.25. The average Bonchev–Trinajstić information content (AvgIpc) is 2.40. The Morgan fingerprint density at radius 3 is 2.91 bits per heavy atom. The van der Waals surface area contributed by atoms with Crippen LogP contribution in [0.2, 0.25) is 0 Å². The number of thiazole rings is 1. The van der Waals surface area contributed by atoms with Gasteiger partial charge in [-0.3, -0.25) is 4.79 Å². The number of nitrogens with zero attached hydrogens (tertiary/aromatic N) is 1. The molecule has 1 aromatic heterocycles. The van der Waals surface area contributed by atoms with E-state index in [1.54, 1.807) is 12.4 Å². The van der Waals surface area contributed by atoms with Crippen molar-refractivity contribution in [1.29, 1.82) is 0 Å². The van der Waals surface area contributed by atoms with Crippen LogP contribution in [0.1, 0.15) is 31.9 Å². The van der Waals surface area contributed by atoms with Gasteiger partial charge in [-0.2, -0.15) is 0 Å². The van der Waals surface area contributed by atoms with Crippen LogP contribution in [0, 0.1) is 0 Å². The molecule has 1 heterocycles. The lowest BCUT2D eigenvalue weighted by Crippen LogP contribution is -2.07. The summed E-state index contributed by atoms with van der Waals surface area (Å²) in [6, 6.07) is 0. The van der Waals surface area contributed by atoms with Gasteiger partial charge in [0.1, 0.15) is 5.78 Å². The molecule has 0 spiro atoms. The number of aromatic nitrogens is 1. The van der Waals surface area contributed by atoms with Gasteiger partial charge in [0.2, 0.25) is 0 Å². The first kappa shape index (κ1) is 8.40. The lowest BCUT2D eigenvalue weighted by molar-refractivity contribution is -0.118. The van der Waals surface area contributed by atoms with Gasteiger partial charge in [0.15, 0.2) is 0 Å². The van der Waals surface area contributed by atoms with Gasteiger partial charge in [0.05, 0.1) is 17.1 Å². The maximum atomic E-state index is 11.0. The van der Waals surface area contributed by atoms with Gasteiger partial charge >= 0.3 is 0 Å². The molecule has 60 valence electrons. The maximum Gasteiger partial charge on any atom is 0.138 e. The molecular formula is C8H11NOS. The van der Waals surface area contributed by atoms with Crippen molar-refractivity contribution in [3.05, 3.63) is 16.6 Å². The number of hydrogen-bond donors (Lipinski definition) is 0. The molecule has 0 bridgehead atoms. The predicted octanol–water partition coefficient (Wildman–Crippen LogP) is 2.23. The molecule has 1 aromatic rings. The SMILES string of the molecule is CCC(C(C)=O)c1cscn1. The second-order valence-corrected chi connectivity index (χ2v) is 3.20. The fourth-order valence-electron chi connectivity index (χ4n) is 1.10. The zero-order valence-electron chi connectivity index (χ0n) is 6.70. The Hall–Kier alpha value is -0.700. The third-order valence-corrected chi connectivity index (χ3v) is 2.31. The van der Waals surface area contributed by atoms with Crippen molar-refractivity contribution in [2.24, 2.45) is 0 Å². The van der Waals surface area contributed by atoms with E-state index in [0.29, 0.717) is 0 Å². The van der Waals surface area contributed by atoms with E-state index in [9.17, 15) is 4.79 Å². The summed E-state index contributed by atoms with van der Waals surface area (Å²) in [5.41, 5.74) is 2.69. The summed E-state index contributed by atoms with van der Waals surface area (Å²) in [7, 11) is 0. The van der Waals surface area contributed by atoms with E-state index < -0.39 is 0 Å². The molecule has 0 aromatic carbocycles. The molecule has 0 N–H and O–H groups in total. The van der Waals surface area contributed by atoms with Gasteiger partial charge in [0, 0.05) is 5.38 Å². The van der Waals surface area contributed by atoms with Gasteiger partial charge < -0.3 is 0 Å². The summed E-state index contributed by atoms with van der Waals surface area (Å²) < 4.78 is 0. The topological polar surface area (TPSA) is 30.0 Å². The summed E-state index contributed by atoms with van der Waals surface area (Å²) in [6.45, 7) is 3.62. The van der Waals surface area contributed by atoms with E-state index in [2.05, 4.69) is 4.98 Å². The number of carbonyl (C=O) groups excluding carboxylic acids is 1. The van der Waals surface area contributed by atoms with Crippen LogP contribution in [0.25, 0.3) is 0 Å². The van der Waals surface area contributed by atoms with Crippen molar-refractivity contribution < 1.29 is 4.79 Å². The van der Waals surface area contributed by atoms with Gasteiger partial charge in [-0.25, -0.2) is 4.98 Å². The molecule has 1 atom stereocenters. The minimum absolute atomic E-state index is 0.0150. The van der Waals surface area contributed by atoms with Gasteiger partial charge in [-0.1, -0.05) is 6.92 Å². The van der Waals surface area contributed by atoms with E-state index in [-0.39, 0.29) is 11.7 Å². The van der Waals surface area contributed by atoms with Crippen molar-refractivity contribution in [3.63, 3.8) is 0 Å². The molecule has 1 rings (SSSR count). The van der Waals surface area contributed by atoms with Crippen LogP contribution in [0.5, 0.6) is 0 Å². The van der Waals surface area contributed by atoms with Crippen LogP contribution < -0.4 is 0 Å².